The van der Waals surface area contributed by atoms with Crippen LogP contribution in [0.2, 0.25) is 0 Å². The Bertz CT molecular complexity index is 663. The third-order valence-corrected chi connectivity index (χ3v) is 6.50. The maximum absolute atomic E-state index is 12.7. The van der Waals surface area contributed by atoms with Gasteiger partial charge in [0, 0.05) is 30.9 Å². The van der Waals surface area contributed by atoms with Crippen LogP contribution < -0.4 is 19.7 Å². The summed E-state index contributed by atoms with van der Waals surface area (Å²) < 4.78 is 11.6. The van der Waals surface area contributed by atoms with Gasteiger partial charge in [-0.15, -0.1) is 0 Å². The Morgan fingerprint density at radius 3 is 2.74 bits per heavy atom. The predicted octanol–water partition coefficient (Wildman–Crippen LogP) is 2.26. The number of fused-ring (bicyclic) bond motifs is 1. The van der Waals surface area contributed by atoms with E-state index in [2.05, 4.69) is 24.4 Å². The van der Waals surface area contributed by atoms with Crippen molar-refractivity contribution in [2.75, 3.05) is 26.3 Å². The van der Waals surface area contributed by atoms with Crippen molar-refractivity contribution >= 4 is 5.91 Å². The topological polar surface area (TPSA) is 52.0 Å². The number of benzene rings is 1. The third kappa shape index (κ3) is 4.40. The maximum Gasteiger partial charge on any atom is 0.275 e. The van der Waals surface area contributed by atoms with E-state index < -0.39 is 0 Å². The average Bonchev–Trinajstić information content (AvgIpc) is 2.99. The highest BCUT2D eigenvalue weighted by Gasteiger charge is 2.33. The number of carbonyl (C=O) groups excluding carboxylic acids is 1. The first kappa shape index (κ1) is 18.6. The van der Waals surface area contributed by atoms with Gasteiger partial charge in [-0.3, -0.25) is 4.79 Å². The van der Waals surface area contributed by atoms with Crippen LogP contribution >= 0.6 is 0 Å². The van der Waals surface area contributed by atoms with Crippen LogP contribution in [0.4, 0.5) is 0 Å². The van der Waals surface area contributed by atoms with E-state index in [9.17, 15) is 4.79 Å². The lowest BCUT2D eigenvalue weighted by Gasteiger charge is -2.30. The van der Waals surface area contributed by atoms with Crippen molar-refractivity contribution < 1.29 is 19.2 Å². The fraction of sp³-hybridized carbons (Fsp3) is 0.682. The monoisotopic (exact) mass is 373 g/mol. The van der Waals surface area contributed by atoms with Crippen LogP contribution in [0.1, 0.15) is 63.5 Å². The van der Waals surface area contributed by atoms with Gasteiger partial charge in [-0.05, 0) is 37.0 Å². The highest BCUT2D eigenvalue weighted by atomic mass is 16.5. The van der Waals surface area contributed by atoms with Crippen molar-refractivity contribution in [3.05, 3.63) is 23.8 Å². The molecule has 148 valence electrons. The third-order valence-electron chi connectivity index (χ3n) is 6.50. The van der Waals surface area contributed by atoms with E-state index in [1.807, 2.05) is 6.07 Å². The molecule has 0 aromatic heterocycles. The summed E-state index contributed by atoms with van der Waals surface area (Å²) in [6.45, 7) is 5.33. The number of amides is 1. The molecule has 0 bridgehead atoms. The number of ether oxygens (including phenoxy) is 2. The quantitative estimate of drug-likeness (QED) is 0.851. The zero-order valence-corrected chi connectivity index (χ0v) is 16.5. The first-order valence-corrected chi connectivity index (χ1v) is 10.7. The molecule has 2 heterocycles. The minimum atomic E-state index is 0.213. The van der Waals surface area contributed by atoms with Gasteiger partial charge in [0.1, 0.15) is 6.04 Å². The van der Waals surface area contributed by atoms with E-state index in [4.69, 9.17) is 9.47 Å². The first-order chi connectivity index (χ1) is 13.2. The average molecular weight is 374 g/mol. The Morgan fingerprint density at radius 2 is 1.89 bits per heavy atom. The molecule has 1 aliphatic carbocycles. The largest absolute Gasteiger partial charge is 0.490 e. The molecule has 1 saturated carbocycles. The Labute approximate surface area is 162 Å². The predicted molar refractivity (Wildman–Crippen MR) is 104 cm³/mol. The summed E-state index contributed by atoms with van der Waals surface area (Å²) in [7, 11) is 0. The van der Waals surface area contributed by atoms with E-state index in [1.54, 1.807) is 0 Å². The van der Waals surface area contributed by atoms with Crippen molar-refractivity contribution in [3.63, 3.8) is 0 Å². The molecule has 1 aromatic rings. The molecule has 27 heavy (non-hydrogen) atoms. The van der Waals surface area contributed by atoms with E-state index >= 15 is 0 Å². The normalized spacial score (nSPS) is 30.6. The van der Waals surface area contributed by atoms with Crippen LogP contribution in [0.5, 0.6) is 11.5 Å². The molecule has 2 fully saturated rings. The van der Waals surface area contributed by atoms with Crippen LogP contribution in [-0.2, 0) is 4.79 Å². The molecule has 3 aliphatic rings. The summed E-state index contributed by atoms with van der Waals surface area (Å²) in [6, 6.07) is 7.07. The lowest BCUT2D eigenvalue weighted by molar-refractivity contribution is -0.910. The summed E-state index contributed by atoms with van der Waals surface area (Å²) >= 11 is 0. The first-order valence-electron chi connectivity index (χ1n) is 10.7. The van der Waals surface area contributed by atoms with Crippen molar-refractivity contribution in [3.8, 4) is 11.5 Å². The lowest BCUT2D eigenvalue weighted by Crippen LogP contribution is -3.11. The molecule has 5 heteroatoms. The smallest absolute Gasteiger partial charge is 0.275 e. The van der Waals surface area contributed by atoms with Crippen LogP contribution in [0.15, 0.2) is 18.2 Å². The SMILES string of the molecule is C[C@@H]1CCCC[C@H]1NC(=O)C[NH+]1CCC[C@@H]1c1ccc2c(c1)OCCCO2. The highest BCUT2D eigenvalue weighted by molar-refractivity contribution is 5.77. The molecule has 0 radical (unpaired) electrons. The highest BCUT2D eigenvalue weighted by Crippen LogP contribution is 2.33. The standard InChI is InChI=1S/C22H32N2O3/c1-16-6-2-3-7-18(16)23-22(25)15-24-11-4-8-19(24)17-9-10-20-21(14-17)27-13-5-12-26-20/h9-10,14,16,18-19H,2-8,11-13,15H2,1H3,(H,23,25)/p+1/t16-,18-,19-/m1/s1. The Morgan fingerprint density at radius 1 is 1.07 bits per heavy atom. The van der Waals surface area contributed by atoms with Gasteiger partial charge in [0.25, 0.3) is 5.91 Å². The summed E-state index contributed by atoms with van der Waals surface area (Å²) in [5.74, 6) is 2.52. The number of nitrogens with one attached hydrogen (secondary N) is 2. The van der Waals surface area contributed by atoms with E-state index in [1.165, 1.54) is 36.1 Å². The van der Waals surface area contributed by atoms with Crippen LogP contribution in [-0.4, -0.2) is 38.3 Å². The molecule has 1 amide bonds. The molecule has 4 rings (SSSR count). The van der Waals surface area contributed by atoms with Gasteiger partial charge >= 0.3 is 0 Å². The van der Waals surface area contributed by atoms with Crippen LogP contribution in [0.25, 0.3) is 0 Å². The number of carbonyl (C=O) groups is 1. The van der Waals surface area contributed by atoms with Crippen LogP contribution in [0, 0.1) is 5.92 Å². The molecule has 1 saturated heterocycles. The van der Waals surface area contributed by atoms with Crippen molar-refractivity contribution in [1.82, 2.24) is 5.32 Å². The fourth-order valence-corrected chi connectivity index (χ4v) is 4.92. The second-order valence-electron chi connectivity index (χ2n) is 8.47. The zero-order valence-electron chi connectivity index (χ0n) is 16.5. The maximum atomic E-state index is 12.7. The fourth-order valence-electron chi connectivity index (χ4n) is 4.92. The van der Waals surface area contributed by atoms with Gasteiger partial charge in [0.15, 0.2) is 18.0 Å². The molecule has 2 N–H and O–H groups in total. The molecule has 4 atom stereocenters. The summed E-state index contributed by atoms with van der Waals surface area (Å²) in [6.07, 6.45) is 8.13. The van der Waals surface area contributed by atoms with Crippen molar-refractivity contribution in [2.24, 2.45) is 5.92 Å². The molecule has 1 unspecified atom stereocenters. The lowest BCUT2D eigenvalue weighted by atomic mass is 9.86. The van der Waals surface area contributed by atoms with Gasteiger partial charge in [0.2, 0.25) is 0 Å². The zero-order chi connectivity index (χ0) is 18.6. The second kappa shape index (κ2) is 8.51. The second-order valence-corrected chi connectivity index (χ2v) is 8.47. The van der Waals surface area contributed by atoms with E-state index in [0.717, 1.165) is 37.3 Å². The molecular formula is C22H33N2O3+. The molecule has 0 spiro atoms. The van der Waals surface area contributed by atoms with Gasteiger partial charge < -0.3 is 19.7 Å². The van der Waals surface area contributed by atoms with Gasteiger partial charge in [-0.25, -0.2) is 0 Å². The Kier molecular flexibility index (Phi) is 5.86. The number of rotatable bonds is 4. The van der Waals surface area contributed by atoms with Gasteiger partial charge in [-0.2, -0.15) is 0 Å². The van der Waals surface area contributed by atoms with Gasteiger partial charge in [0.05, 0.1) is 19.8 Å². The summed E-state index contributed by atoms with van der Waals surface area (Å²) in [5, 5.41) is 3.32. The van der Waals surface area contributed by atoms with E-state index in [-0.39, 0.29) is 5.91 Å². The minimum absolute atomic E-state index is 0.213. The molecule has 2 aliphatic heterocycles. The van der Waals surface area contributed by atoms with E-state index in [0.29, 0.717) is 37.8 Å². The van der Waals surface area contributed by atoms with Crippen molar-refractivity contribution in [2.45, 2.75) is 64.0 Å². The number of hydrogen-bond acceptors (Lipinski definition) is 3. The van der Waals surface area contributed by atoms with Gasteiger partial charge in [-0.1, -0.05) is 19.8 Å². The molecule has 5 nitrogen and oxygen atoms in total. The number of quaternary nitrogens is 1. The molecule has 1 aromatic carbocycles. The number of likely N-dealkylation sites (tertiary alicyclic amines) is 1. The van der Waals surface area contributed by atoms with Crippen LogP contribution in [0.3, 0.4) is 0 Å². The molecular weight excluding hydrogens is 340 g/mol. The number of hydrogen-bond donors (Lipinski definition) is 2. The Balaban J connectivity index is 1.40. The van der Waals surface area contributed by atoms with Crippen molar-refractivity contribution in [1.29, 1.82) is 0 Å². The summed E-state index contributed by atoms with van der Waals surface area (Å²) in [4.78, 5) is 14.1. The Hall–Kier alpha value is -1.75. The minimum Gasteiger partial charge on any atom is -0.490 e. The summed E-state index contributed by atoms with van der Waals surface area (Å²) in [5.41, 5.74) is 1.27.